The molecule has 122 valence electrons. The Labute approximate surface area is 139 Å². The summed E-state index contributed by atoms with van der Waals surface area (Å²) < 4.78 is 0. The van der Waals surface area contributed by atoms with Gasteiger partial charge in [-0.05, 0) is 48.6 Å². The Morgan fingerprint density at radius 1 is 1.00 bits per heavy atom. The highest BCUT2D eigenvalue weighted by atomic mass is 16.1. The molecule has 0 aliphatic heterocycles. The van der Waals surface area contributed by atoms with Gasteiger partial charge in [-0.1, -0.05) is 44.2 Å². The van der Waals surface area contributed by atoms with Gasteiger partial charge in [-0.2, -0.15) is 0 Å². The van der Waals surface area contributed by atoms with Crippen LogP contribution in [0.25, 0.3) is 0 Å². The van der Waals surface area contributed by atoms with Crippen LogP contribution in [-0.2, 0) is 4.79 Å². The molecular formula is C20H26N2O. The monoisotopic (exact) mass is 310 g/mol. The standard InChI is InChI=1S/C20H26N2O/c1-14(2)17-9-5-6-10-19(17)21-13-12-20(23)22-18-11-7-8-15(3)16(18)4/h5-11,14,21H,12-13H2,1-4H3,(H,22,23). The third kappa shape index (κ3) is 4.59. The first-order chi connectivity index (χ1) is 11.0. The van der Waals surface area contributed by atoms with Crippen LogP contribution >= 0.6 is 0 Å². The molecule has 0 bridgehead atoms. The molecule has 2 rings (SSSR count). The lowest BCUT2D eigenvalue weighted by molar-refractivity contribution is -0.115. The summed E-state index contributed by atoms with van der Waals surface area (Å²) in [6.45, 7) is 9.05. The second-order valence-electron chi connectivity index (χ2n) is 6.21. The maximum atomic E-state index is 12.1. The summed E-state index contributed by atoms with van der Waals surface area (Å²) in [6, 6.07) is 14.2. The van der Waals surface area contributed by atoms with Crippen LogP contribution in [0.15, 0.2) is 42.5 Å². The molecule has 1 amide bonds. The van der Waals surface area contributed by atoms with Crippen LogP contribution in [0.4, 0.5) is 11.4 Å². The number of hydrogen-bond acceptors (Lipinski definition) is 2. The summed E-state index contributed by atoms with van der Waals surface area (Å²) in [5.41, 5.74) is 5.60. The van der Waals surface area contributed by atoms with Crippen molar-refractivity contribution in [2.24, 2.45) is 0 Å². The third-order valence-electron chi connectivity index (χ3n) is 4.13. The van der Waals surface area contributed by atoms with Crippen LogP contribution in [0.1, 0.15) is 42.9 Å². The highest BCUT2D eigenvalue weighted by molar-refractivity contribution is 5.91. The lowest BCUT2D eigenvalue weighted by Gasteiger charge is -2.15. The molecule has 0 heterocycles. The van der Waals surface area contributed by atoms with Crippen molar-refractivity contribution < 1.29 is 4.79 Å². The number of rotatable bonds is 6. The SMILES string of the molecule is Cc1cccc(NC(=O)CCNc2ccccc2C(C)C)c1C. The number of nitrogens with one attached hydrogen (secondary N) is 2. The highest BCUT2D eigenvalue weighted by Gasteiger charge is 2.08. The number of benzene rings is 2. The molecule has 0 radical (unpaired) electrons. The van der Waals surface area contributed by atoms with E-state index in [0.717, 1.165) is 16.9 Å². The molecule has 23 heavy (non-hydrogen) atoms. The van der Waals surface area contributed by atoms with Gasteiger partial charge in [0.15, 0.2) is 0 Å². The van der Waals surface area contributed by atoms with Gasteiger partial charge in [-0.3, -0.25) is 4.79 Å². The van der Waals surface area contributed by atoms with E-state index in [1.165, 1.54) is 11.1 Å². The van der Waals surface area contributed by atoms with E-state index in [4.69, 9.17) is 0 Å². The average molecular weight is 310 g/mol. The van der Waals surface area contributed by atoms with Gasteiger partial charge in [-0.25, -0.2) is 0 Å². The van der Waals surface area contributed by atoms with Gasteiger partial charge < -0.3 is 10.6 Å². The lowest BCUT2D eigenvalue weighted by Crippen LogP contribution is -2.17. The minimum absolute atomic E-state index is 0.0354. The van der Waals surface area contributed by atoms with Crippen LogP contribution < -0.4 is 10.6 Å². The van der Waals surface area contributed by atoms with Gasteiger partial charge >= 0.3 is 0 Å². The Kier molecular flexibility index (Phi) is 5.80. The van der Waals surface area contributed by atoms with E-state index in [1.54, 1.807) is 0 Å². The fourth-order valence-electron chi connectivity index (χ4n) is 2.57. The molecule has 0 aliphatic rings. The number of hydrogen-bond donors (Lipinski definition) is 2. The van der Waals surface area contributed by atoms with Gasteiger partial charge in [0.1, 0.15) is 0 Å². The number of aryl methyl sites for hydroxylation is 1. The summed E-state index contributed by atoms with van der Waals surface area (Å²) >= 11 is 0. The van der Waals surface area contributed by atoms with Crippen LogP contribution in [0, 0.1) is 13.8 Å². The molecule has 0 atom stereocenters. The molecule has 0 saturated carbocycles. The van der Waals surface area contributed by atoms with Crippen LogP contribution in [0.2, 0.25) is 0 Å². The van der Waals surface area contributed by atoms with Crippen LogP contribution in [0.5, 0.6) is 0 Å². The van der Waals surface area contributed by atoms with E-state index in [9.17, 15) is 4.79 Å². The minimum atomic E-state index is 0.0354. The van der Waals surface area contributed by atoms with Crippen LogP contribution in [0.3, 0.4) is 0 Å². The van der Waals surface area contributed by atoms with Crippen molar-refractivity contribution >= 4 is 17.3 Å². The first-order valence-corrected chi connectivity index (χ1v) is 8.18. The van der Waals surface area contributed by atoms with E-state index in [0.29, 0.717) is 18.9 Å². The van der Waals surface area contributed by atoms with Crippen molar-refractivity contribution in [3.05, 3.63) is 59.2 Å². The molecule has 2 N–H and O–H groups in total. The fourth-order valence-corrected chi connectivity index (χ4v) is 2.57. The molecular weight excluding hydrogens is 284 g/mol. The first-order valence-electron chi connectivity index (χ1n) is 8.18. The normalized spacial score (nSPS) is 10.7. The van der Waals surface area contributed by atoms with Crippen molar-refractivity contribution in [1.82, 2.24) is 0 Å². The van der Waals surface area contributed by atoms with Gasteiger partial charge in [0.2, 0.25) is 5.91 Å². The second kappa shape index (κ2) is 7.82. The van der Waals surface area contributed by atoms with E-state index < -0.39 is 0 Å². The summed E-state index contributed by atoms with van der Waals surface area (Å²) in [6.07, 6.45) is 0.444. The molecule has 3 nitrogen and oxygen atoms in total. The summed E-state index contributed by atoms with van der Waals surface area (Å²) in [4.78, 5) is 12.1. The Morgan fingerprint density at radius 3 is 2.43 bits per heavy atom. The predicted octanol–water partition coefficient (Wildman–Crippen LogP) is 4.87. The smallest absolute Gasteiger partial charge is 0.226 e. The number of anilines is 2. The summed E-state index contributed by atoms with van der Waals surface area (Å²) in [7, 11) is 0. The van der Waals surface area contributed by atoms with Crippen molar-refractivity contribution in [1.29, 1.82) is 0 Å². The molecule has 3 heteroatoms. The zero-order chi connectivity index (χ0) is 16.8. The average Bonchev–Trinajstić information content (AvgIpc) is 2.52. The highest BCUT2D eigenvalue weighted by Crippen LogP contribution is 2.23. The first kappa shape index (κ1) is 17.1. The zero-order valence-corrected chi connectivity index (χ0v) is 14.4. The number of carbonyl (C=O) groups is 1. The van der Waals surface area contributed by atoms with Crippen LogP contribution in [-0.4, -0.2) is 12.5 Å². The minimum Gasteiger partial charge on any atom is -0.384 e. The van der Waals surface area contributed by atoms with E-state index in [-0.39, 0.29) is 5.91 Å². The fraction of sp³-hybridized carbons (Fsp3) is 0.350. The van der Waals surface area contributed by atoms with E-state index in [2.05, 4.69) is 49.6 Å². The molecule has 0 fully saturated rings. The summed E-state index contributed by atoms with van der Waals surface area (Å²) in [5, 5.41) is 6.37. The van der Waals surface area contributed by atoms with Gasteiger partial charge in [0, 0.05) is 24.3 Å². The molecule has 2 aromatic rings. The maximum absolute atomic E-state index is 12.1. The summed E-state index contributed by atoms with van der Waals surface area (Å²) in [5.74, 6) is 0.496. The van der Waals surface area contributed by atoms with Gasteiger partial charge in [-0.15, -0.1) is 0 Å². The number of amides is 1. The maximum Gasteiger partial charge on any atom is 0.226 e. The molecule has 0 aromatic heterocycles. The Bertz CT molecular complexity index is 677. The number of para-hydroxylation sites is 1. The molecule has 0 spiro atoms. The van der Waals surface area contributed by atoms with Gasteiger partial charge in [0.25, 0.3) is 0 Å². The zero-order valence-electron chi connectivity index (χ0n) is 14.4. The molecule has 0 saturated heterocycles. The quantitative estimate of drug-likeness (QED) is 0.799. The van der Waals surface area contributed by atoms with E-state index in [1.807, 2.05) is 31.2 Å². The Hall–Kier alpha value is -2.29. The predicted molar refractivity (Wildman–Crippen MR) is 98.2 cm³/mol. The molecule has 0 aliphatic carbocycles. The number of carbonyl (C=O) groups excluding carboxylic acids is 1. The van der Waals surface area contributed by atoms with Crippen molar-refractivity contribution in [2.45, 2.75) is 40.0 Å². The topological polar surface area (TPSA) is 41.1 Å². The molecule has 2 aromatic carbocycles. The molecule has 0 unspecified atom stereocenters. The van der Waals surface area contributed by atoms with Crippen molar-refractivity contribution in [3.8, 4) is 0 Å². The van der Waals surface area contributed by atoms with E-state index >= 15 is 0 Å². The Morgan fingerprint density at radius 2 is 1.70 bits per heavy atom. The van der Waals surface area contributed by atoms with Crippen molar-refractivity contribution in [2.75, 3.05) is 17.2 Å². The van der Waals surface area contributed by atoms with Crippen molar-refractivity contribution in [3.63, 3.8) is 0 Å². The second-order valence-corrected chi connectivity index (χ2v) is 6.21. The van der Waals surface area contributed by atoms with Gasteiger partial charge in [0.05, 0.1) is 0 Å². The third-order valence-corrected chi connectivity index (χ3v) is 4.13. The largest absolute Gasteiger partial charge is 0.384 e. The lowest BCUT2D eigenvalue weighted by atomic mass is 10.0. The Balaban J connectivity index is 1.89.